The van der Waals surface area contributed by atoms with Gasteiger partial charge in [-0.15, -0.1) is 0 Å². The third kappa shape index (κ3) is 3.80. The monoisotopic (exact) mass is 256 g/mol. The number of nitrogens with two attached hydrogens (primary N) is 1. The van der Waals surface area contributed by atoms with Gasteiger partial charge in [0.15, 0.2) is 0 Å². The lowest BCUT2D eigenvalue weighted by molar-refractivity contribution is 0.563. The highest BCUT2D eigenvalue weighted by atomic mass is 32.2. The van der Waals surface area contributed by atoms with Crippen molar-refractivity contribution in [2.75, 3.05) is 6.54 Å². The van der Waals surface area contributed by atoms with Crippen LogP contribution in [0.25, 0.3) is 0 Å². The van der Waals surface area contributed by atoms with Crippen molar-refractivity contribution < 1.29 is 8.42 Å². The number of benzene rings is 1. The molecule has 0 saturated heterocycles. The quantitative estimate of drug-likeness (QED) is 0.834. The first kappa shape index (κ1) is 14.2. The SMILES string of the molecule is CCC(N)CNS(=O)(=O)c1cc(C)ccc1C. The van der Waals surface area contributed by atoms with Gasteiger partial charge in [-0.25, -0.2) is 13.1 Å². The highest BCUT2D eigenvalue weighted by Crippen LogP contribution is 2.16. The number of nitrogens with one attached hydrogen (secondary N) is 1. The molecule has 3 N–H and O–H groups in total. The van der Waals surface area contributed by atoms with E-state index in [1.807, 2.05) is 26.0 Å². The molecule has 0 aliphatic carbocycles. The van der Waals surface area contributed by atoms with Crippen LogP contribution in [-0.4, -0.2) is 21.0 Å². The standard InChI is InChI=1S/C12H20N2O2S/c1-4-11(13)8-14-17(15,16)12-7-9(2)5-6-10(12)3/h5-7,11,14H,4,8,13H2,1-3H3. The summed E-state index contributed by atoms with van der Waals surface area (Å²) in [6.45, 7) is 5.85. The summed E-state index contributed by atoms with van der Waals surface area (Å²) >= 11 is 0. The van der Waals surface area contributed by atoms with Gasteiger partial charge in [-0.1, -0.05) is 19.1 Å². The van der Waals surface area contributed by atoms with E-state index in [1.54, 1.807) is 13.0 Å². The van der Waals surface area contributed by atoms with E-state index in [2.05, 4.69) is 4.72 Å². The molecular weight excluding hydrogens is 236 g/mol. The number of rotatable bonds is 5. The van der Waals surface area contributed by atoms with Crippen molar-refractivity contribution in [2.45, 2.75) is 38.1 Å². The topological polar surface area (TPSA) is 72.2 Å². The molecule has 0 spiro atoms. The van der Waals surface area contributed by atoms with E-state index in [4.69, 9.17) is 5.73 Å². The first-order valence-electron chi connectivity index (χ1n) is 5.69. The molecule has 4 nitrogen and oxygen atoms in total. The molecule has 1 rings (SSSR count). The number of sulfonamides is 1. The molecule has 0 amide bonds. The molecule has 17 heavy (non-hydrogen) atoms. The summed E-state index contributed by atoms with van der Waals surface area (Å²) in [5.41, 5.74) is 7.37. The van der Waals surface area contributed by atoms with E-state index in [0.717, 1.165) is 17.5 Å². The number of aryl methyl sites for hydroxylation is 2. The van der Waals surface area contributed by atoms with Crippen molar-refractivity contribution in [1.29, 1.82) is 0 Å². The molecule has 0 radical (unpaired) electrons. The molecule has 1 atom stereocenters. The van der Waals surface area contributed by atoms with E-state index >= 15 is 0 Å². The molecule has 1 unspecified atom stereocenters. The van der Waals surface area contributed by atoms with Crippen LogP contribution in [-0.2, 0) is 10.0 Å². The lowest BCUT2D eigenvalue weighted by Gasteiger charge is -2.13. The maximum Gasteiger partial charge on any atom is 0.240 e. The Bertz CT molecular complexity index is 483. The molecule has 5 heteroatoms. The average Bonchev–Trinajstić information content (AvgIpc) is 2.29. The Balaban J connectivity index is 2.93. The van der Waals surface area contributed by atoms with Crippen LogP contribution in [0.2, 0.25) is 0 Å². The maximum atomic E-state index is 12.1. The zero-order chi connectivity index (χ0) is 13.1. The average molecular weight is 256 g/mol. The molecule has 0 bridgehead atoms. The van der Waals surface area contributed by atoms with E-state index in [1.165, 1.54) is 0 Å². The van der Waals surface area contributed by atoms with Gasteiger partial charge in [-0.2, -0.15) is 0 Å². The second-order valence-corrected chi connectivity index (χ2v) is 6.02. The lowest BCUT2D eigenvalue weighted by Crippen LogP contribution is -2.36. The van der Waals surface area contributed by atoms with Gasteiger partial charge in [0.2, 0.25) is 10.0 Å². The van der Waals surface area contributed by atoms with E-state index in [9.17, 15) is 8.42 Å². The van der Waals surface area contributed by atoms with Gasteiger partial charge >= 0.3 is 0 Å². The fraction of sp³-hybridized carbons (Fsp3) is 0.500. The van der Waals surface area contributed by atoms with Crippen LogP contribution in [0.1, 0.15) is 24.5 Å². The third-order valence-electron chi connectivity index (χ3n) is 2.69. The summed E-state index contributed by atoms with van der Waals surface area (Å²) in [7, 11) is -3.45. The molecular formula is C12H20N2O2S. The van der Waals surface area contributed by atoms with Crippen LogP contribution in [0.3, 0.4) is 0 Å². The van der Waals surface area contributed by atoms with Crippen LogP contribution >= 0.6 is 0 Å². The molecule has 96 valence electrons. The fourth-order valence-corrected chi connectivity index (χ4v) is 2.86. The van der Waals surface area contributed by atoms with Crippen LogP contribution in [0.4, 0.5) is 0 Å². The summed E-state index contributed by atoms with van der Waals surface area (Å²) in [5, 5.41) is 0. The molecule has 0 saturated carbocycles. The minimum absolute atomic E-state index is 0.144. The van der Waals surface area contributed by atoms with Crippen LogP contribution in [0, 0.1) is 13.8 Å². The smallest absolute Gasteiger partial charge is 0.240 e. The largest absolute Gasteiger partial charge is 0.327 e. The first-order chi connectivity index (χ1) is 7.86. The highest BCUT2D eigenvalue weighted by molar-refractivity contribution is 7.89. The third-order valence-corrected chi connectivity index (χ3v) is 4.26. The molecule has 0 aliphatic rings. The summed E-state index contributed by atoms with van der Waals surface area (Å²) < 4.78 is 26.7. The van der Waals surface area contributed by atoms with Crippen LogP contribution < -0.4 is 10.5 Å². The Labute approximate surface area is 103 Å². The minimum atomic E-state index is -3.45. The van der Waals surface area contributed by atoms with Crippen molar-refractivity contribution in [1.82, 2.24) is 4.72 Å². The summed E-state index contributed by atoms with van der Waals surface area (Å²) in [4.78, 5) is 0.334. The van der Waals surface area contributed by atoms with Gasteiger partial charge in [0, 0.05) is 12.6 Å². The molecule has 1 aromatic carbocycles. The fourth-order valence-electron chi connectivity index (χ4n) is 1.44. The number of hydrogen-bond acceptors (Lipinski definition) is 3. The van der Waals surface area contributed by atoms with Crippen LogP contribution in [0.5, 0.6) is 0 Å². The molecule has 0 fully saturated rings. The first-order valence-corrected chi connectivity index (χ1v) is 7.17. The zero-order valence-electron chi connectivity index (χ0n) is 10.5. The summed E-state index contributed by atoms with van der Waals surface area (Å²) in [6, 6.07) is 5.24. The molecule has 0 aliphatic heterocycles. The molecule has 0 aromatic heterocycles. The Morgan fingerprint density at radius 2 is 2.00 bits per heavy atom. The predicted molar refractivity (Wildman–Crippen MR) is 69.4 cm³/mol. The summed E-state index contributed by atoms with van der Waals surface area (Å²) in [6.07, 6.45) is 0.745. The van der Waals surface area contributed by atoms with Gasteiger partial charge in [-0.05, 0) is 37.5 Å². The Kier molecular flexibility index (Phi) is 4.68. The van der Waals surface area contributed by atoms with Gasteiger partial charge in [0.05, 0.1) is 4.90 Å². The van der Waals surface area contributed by atoms with Gasteiger partial charge in [-0.3, -0.25) is 0 Å². The van der Waals surface area contributed by atoms with Crippen LogP contribution in [0.15, 0.2) is 23.1 Å². The Morgan fingerprint density at radius 3 is 2.59 bits per heavy atom. The van der Waals surface area contributed by atoms with E-state index in [-0.39, 0.29) is 12.6 Å². The lowest BCUT2D eigenvalue weighted by atomic mass is 10.2. The predicted octanol–water partition coefficient (Wildman–Crippen LogP) is 1.32. The summed E-state index contributed by atoms with van der Waals surface area (Å²) in [5.74, 6) is 0. The maximum absolute atomic E-state index is 12.1. The van der Waals surface area contributed by atoms with Crippen molar-refractivity contribution in [3.8, 4) is 0 Å². The zero-order valence-corrected chi connectivity index (χ0v) is 11.3. The van der Waals surface area contributed by atoms with Crippen molar-refractivity contribution in [3.05, 3.63) is 29.3 Å². The second-order valence-electron chi connectivity index (χ2n) is 4.29. The molecule has 1 aromatic rings. The minimum Gasteiger partial charge on any atom is -0.327 e. The van der Waals surface area contributed by atoms with E-state index in [0.29, 0.717) is 4.90 Å². The normalized spacial score (nSPS) is 13.6. The number of hydrogen-bond donors (Lipinski definition) is 2. The van der Waals surface area contributed by atoms with Crippen molar-refractivity contribution in [2.24, 2.45) is 5.73 Å². The van der Waals surface area contributed by atoms with Gasteiger partial charge in [0.25, 0.3) is 0 Å². The molecule has 0 heterocycles. The van der Waals surface area contributed by atoms with Crippen molar-refractivity contribution in [3.63, 3.8) is 0 Å². The highest BCUT2D eigenvalue weighted by Gasteiger charge is 2.17. The Hall–Kier alpha value is -0.910. The van der Waals surface area contributed by atoms with Crippen molar-refractivity contribution >= 4 is 10.0 Å². The van der Waals surface area contributed by atoms with Gasteiger partial charge < -0.3 is 5.73 Å². The second kappa shape index (κ2) is 5.62. The van der Waals surface area contributed by atoms with E-state index < -0.39 is 10.0 Å². The van der Waals surface area contributed by atoms with Gasteiger partial charge in [0.1, 0.15) is 0 Å². The Morgan fingerprint density at radius 1 is 1.35 bits per heavy atom.